The third kappa shape index (κ3) is 1.54. The van der Waals surface area contributed by atoms with Gasteiger partial charge in [0.05, 0.1) is 5.60 Å². The lowest BCUT2D eigenvalue weighted by Crippen LogP contribution is -2.35. The molecule has 0 radical (unpaired) electrons. The van der Waals surface area contributed by atoms with Crippen LogP contribution in [0.2, 0.25) is 0 Å². The minimum atomic E-state index is -0.367. The van der Waals surface area contributed by atoms with E-state index in [1.807, 2.05) is 0 Å². The first-order chi connectivity index (χ1) is 7.88. The van der Waals surface area contributed by atoms with Crippen LogP contribution < -0.4 is 0 Å². The predicted octanol–water partition coefficient (Wildman–Crippen LogP) is 3.86. The summed E-state index contributed by atoms with van der Waals surface area (Å²) in [6.45, 7) is 9.33. The van der Waals surface area contributed by atoms with E-state index >= 15 is 0 Å². The van der Waals surface area contributed by atoms with E-state index in [9.17, 15) is 5.11 Å². The van der Waals surface area contributed by atoms with Crippen LogP contribution >= 0.6 is 0 Å². The van der Waals surface area contributed by atoms with E-state index in [1.54, 1.807) is 0 Å². The Morgan fingerprint density at radius 1 is 1.18 bits per heavy atom. The first-order valence-corrected chi connectivity index (χ1v) is 7.61. The quantitative estimate of drug-likeness (QED) is 0.733. The molecule has 3 saturated carbocycles. The highest BCUT2D eigenvalue weighted by atomic mass is 16.3. The summed E-state index contributed by atoms with van der Waals surface area (Å²) >= 11 is 0. The van der Waals surface area contributed by atoms with E-state index in [-0.39, 0.29) is 5.60 Å². The fraction of sp³-hybridized carbons (Fsp3) is 1.00. The summed E-state index contributed by atoms with van der Waals surface area (Å²) in [5, 5.41) is 10.3. The zero-order valence-electron chi connectivity index (χ0n) is 11.9. The molecule has 98 valence electrons. The number of aliphatic hydroxyl groups is 1. The van der Waals surface area contributed by atoms with Crippen LogP contribution in [0.15, 0.2) is 0 Å². The van der Waals surface area contributed by atoms with Gasteiger partial charge in [0.1, 0.15) is 0 Å². The molecule has 1 unspecified atom stereocenters. The summed E-state index contributed by atoms with van der Waals surface area (Å²) in [4.78, 5) is 0. The van der Waals surface area contributed by atoms with Gasteiger partial charge >= 0.3 is 0 Å². The molecule has 0 heterocycles. The first kappa shape index (κ1) is 12.0. The van der Waals surface area contributed by atoms with Crippen LogP contribution in [-0.4, -0.2) is 10.7 Å². The number of rotatable bonds is 1. The standard InChI is InChI=1S/C16H28O/c1-10(2)12-6-5-11(3)16-8-7-15(4,17)9-13(16)14(12)16/h10-14,17H,5-9H2,1-4H3/t11-,12+,13?,14-,15+,16+/m1/s1. The fourth-order valence-electron chi connectivity index (χ4n) is 5.58. The number of fused-ring (bicyclic) bond motifs is 1. The summed E-state index contributed by atoms with van der Waals surface area (Å²) in [6.07, 6.45) is 6.27. The number of hydrogen-bond acceptors (Lipinski definition) is 1. The summed E-state index contributed by atoms with van der Waals surface area (Å²) in [6, 6.07) is 0. The van der Waals surface area contributed by atoms with Gasteiger partial charge < -0.3 is 5.11 Å². The van der Waals surface area contributed by atoms with Gasteiger partial charge in [-0.1, -0.05) is 20.8 Å². The molecule has 0 aromatic carbocycles. The third-order valence-corrected chi connectivity index (χ3v) is 6.56. The van der Waals surface area contributed by atoms with Gasteiger partial charge in [-0.2, -0.15) is 0 Å². The zero-order chi connectivity index (χ0) is 12.4. The van der Waals surface area contributed by atoms with Crippen molar-refractivity contribution in [3.05, 3.63) is 0 Å². The molecule has 3 rings (SSSR count). The summed E-state index contributed by atoms with van der Waals surface area (Å²) in [5.74, 6) is 4.46. The normalized spacial score (nSPS) is 57.5. The Morgan fingerprint density at radius 2 is 1.88 bits per heavy atom. The van der Waals surface area contributed by atoms with Crippen molar-refractivity contribution in [1.29, 1.82) is 0 Å². The maximum atomic E-state index is 10.3. The SMILES string of the molecule is CC(C)[C@@H]1CC[C@@H](C)[C@@]23CC[C@](C)(O)CC2[C@@H]13. The van der Waals surface area contributed by atoms with E-state index in [2.05, 4.69) is 27.7 Å². The molecule has 3 fully saturated rings. The average Bonchev–Trinajstić information content (AvgIpc) is 2.87. The molecule has 0 bridgehead atoms. The molecule has 0 aliphatic heterocycles. The molecule has 0 amide bonds. The number of hydrogen-bond donors (Lipinski definition) is 1. The molecule has 6 atom stereocenters. The highest BCUT2D eigenvalue weighted by Crippen LogP contribution is 2.77. The van der Waals surface area contributed by atoms with Crippen molar-refractivity contribution < 1.29 is 5.11 Å². The van der Waals surface area contributed by atoms with E-state index in [4.69, 9.17) is 0 Å². The molecule has 0 aromatic rings. The highest BCUT2D eigenvalue weighted by Gasteiger charge is 2.72. The molecule has 1 nitrogen and oxygen atoms in total. The van der Waals surface area contributed by atoms with Crippen molar-refractivity contribution >= 4 is 0 Å². The Labute approximate surface area is 106 Å². The molecule has 3 aliphatic carbocycles. The van der Waals surface area contributed by atoms with Crippen molar-refractivity contribution in [2.45, 2.75) is 65.4 Å². The molecule has 1 heteroatoms. The second-order valence-electron chi connectivity index (χ2n) is 7.83. The molecular formula is C16H28O. The van der Waals surface area contributed by atoms with Crippen LogP contribution in [0.4, 0.5) is 0 Å². The molecule has 17 heavy (non-hydrogen) atoms. The van der Waals surface area contributed by atoms with Gasteiger partial charge in [0, 0.05) is 0 Å². The van der Waals surface area contributed by atoms with Crippen molar-refractivity contribution in [1.82, 2.24) is 0 Å². The molecule has 0 saturated heterocycles. The Balaban J connectivity index is 1.86. The van der Waals surface area contributed by atoms with Crippen LogP contribution in [0.1, 0.15) is 59.8 Å². The average molecular weight is 236 g/mol. The van der Waals surface area contributed by atoms with Gasteiger partial charge in [-0.25, -0.2) is 0 Å². The second-order valence-corrected chi connectivity index (χ2v) is 7.83. The summed E-state index contributed by atoms with van der Waals surface area (Å²) in [5.41, 5.74) is 0.282. The first-order valence-electron chi connectivity index (χ1n) is 7.61. The molecule has 0 aromatic heterocycles. The summed E-state index contributed by atoms with van der Waals surface area (Å²) < 4.78 is 0. The van der Waals surface area contributed by atoms with Crippen molar-refractivity contribution in [2.24, 2.45) is 35.0 Å². The smallest absolute Gasteiger partial charge is 0.0623 e. The Hall–Kier alpha value is -0.0400. The van der Waals surface area contributed by atoms with Gasteiger partial charge in [-0.05, 0) is 74.0 Å². The van der Waals surface area contributed by atoms with Crippen molar-refractivity contribution in [3.8, 4) is 0 Å². The van der Waals surface area contributed by atoms with Crippen molar-refractivity contribution in [2.75, 3.05) is 0 Å². The van der Waals surface area contributed by atoms with Crippen LogP contribution in [0.25, 0.3) is 0 Å². The molecule has 1 spiro atoms. The zero-order valence-corrected chi connectivity index (χ0v) is 11.9. The lowest BCUT2D eigenvalue weighted by Gasteiger charge is -2.39. The maximum Gasteiger partial charge on any atom is 0.0623 e. The van der Waals surface area contributed by atoms with Crippen LogP contribution in [0.5, 0.6) is 0 Å². The van der Waals surface area contributed by atoms with E-state index in [0.29, 0.717) is 5.41 Å². The lowest BCUT2D eigenvalue weighted by molar-refractivity contribution is -0.00581. The topological polar surface area (TPSA) is 20.2 Å². The summed E-state index contributed by atoms with van der Waals surface area (Å²) in [7, 11) is 0. The van der Waals surface area contributed by atoms with Gasteiger partial charge in [0.15, 0.2) is 0 Å². The van der Waals surface area contributed by atoms with Crippen LogP contribution in [0.3, 0.4) is 0 Å². The van der Waals surface area contributed by atoms with Gasteiger partial charge in [0.2, 0.25) is 0 Å². The molecule has 1 N–H and O–H groups in total. The third-order valence-electron chi connectivity index (χ3n) is 6.56. The highest BCUT2D eigenvalue weighted by molar-refractivity contribution is 5.20. The van der Waals surface area contributed by atoms with Crippen molar-refractivity contribution in [3.63, 3.8) is 0 Å². The van der Waals surface area contributed by atoms with Crippen LogP contribution in [-0.2, 0) is 0 Å². The second kappa shape index (κ2) is 3.50. The minimum Gasteiger partial charge on any atom is -0.390 e. The maximum absolute atomic E-state index is 10.3. The van der Waals surface area contributed by atoms with E-state index in [0.717, 1.165) is 42.4 Å². The molecule has 3 aliphatic rings. The van der Waals surface area contributed by atoms with Gasteiger partial charge in [0.25, 0.3) is 0 Å². The van der Waals surface area contributed by atoms with Gasteiger partial charge in [-0.3, -0.25) is 0 Å². The van der Waals surface area contributed by atoms with E-state index in [1.165, 1.54) is 19.3 Å². The lowest BCUT2D eigenvalue weighted by atomic mass is 9.67. The Bertz CT molecular complexity index is 319. The Kier molecular flexibility index (Phi) is 2.47. The largest absolute Gasteiger partial charge is 0.390 e. The fourth-order valence-corrected chi connectivity index (χ4v) is 5.58. The monoisotopic (exact) mass is 236 g/mol. The van der Waals surface area contributed by atoms with Gasteiger partial charge in [-0.15, -0.1) is 0 Å². The predicted molar refractivity (Wildman–Crippen MR) is 70.6 cm³/mol. The minimum absolute atomic E-state index is 0.367. The molecular weight excluding hydrogens is 208 g/mol. The van der Waals surface area contributed by atoms with Crippen LogP contribution in [0, 0.1) is 35.0 Å². The Morgan fingerprint density at radius 3 is 2.53 bits per heavy atom. The van der Waals surface area contributed by atoms with E-state index < -0.39 is 0 Å².